The number of benzene rings is 2. The summed E-state index contributed by atoms with van der Waals surface area (Å²) < 4.78 is 39.3. The minimum atomic E-state index is -4.77. The van der Waals surface area contributed by atoms with Crippen LogP contribution in [0.2, 0.25) is 0 Å². The third kappa shape index (κ3) is 4.50. The molecule has 3 amide bonds. The minimum absolute atomic E-state index is 0.0575. The Hall–Kier alpha value is -4.67. The maximum absolute atomic E-state index is 13.7. The van der Waals surface area contributed by atoms with E-state index in [0.29, 0.717) is 11.8 Å². The lowest BCUT2D eigenvalue weighted by Crippen LogP contribution is -2.42. The molecular formula is C25H20F3N5O3. The number of halogens is 3. The summed E-state index contributed by atoms with van der Waals surface area (Å²) in [5, 5.41) is 3.54. The van der Waals surface area contributed by atoms with Gasteiger partial charge in [0.05, 0.1) is 11.1 Å². The monoisotopic (exact) mass is 495 g/mol. The quantitative estimate of drug-likeness (QED) is 0.544. The molecule has 1 aliphatic carbocycles. The van der Waals surface area contributed by atoms with E-state index in [1.165, 1.54) is 36.4 Å². The van der Waals surface area contributed by atoms with Crippen LogP contribution in [0, 0.1) is 0 Å². The summed E-state index contributed by atoms with van der Waals surface area (Å²) in [6, 6.07) is 15.1. The molecule has 1 aromatic heterocycles. The highest BCUT2D eigenvalue weighted by Crippen LogP contribution is 2.37. The smallest absolute Gasteiger partial charge is 0.369 e. The molecule has 1 atom stereocenters. The normalized spacial score (nSPS) is 17.4. The Labute approximate surface area is 203 Å². The molecule has 11 heteroatoms. The van der Waals surface area contributed by atoms with Crippen molar-refractivity contribution in [3.63, 3.8) is 0 Å². The van der Waals surface area contributed by atoms with Crippen LogP contribution in [0.1, 0.15) is 22.3 Å². The van der Waals surface area contributed by atoms with Gasteiger partial charge in [0.25, 0.3) is 5.91 Å². The number of primary amides is 2. The van der Waals surface area contributed by atoms with Crippen LogP contribution >= 0.6 is 0 Å². The third-order valence-electron chi connectivity index (χ3n) is 5.81. The number of amides is 3. The van der Waals surface area contributed by atoms with Gasteiger partial charge in [-0.2, -0.15) is 4.68 Å². The summed E-state index contributed by atoms with van der Waals surface area (Å²) in [5.74, 6) is -2.43. The van der Waals surface area contributed by atoms with Gasteiger partial charge in [0, 0.05) is 23.4 Å². The van der Waals surface area contributed by atoms with E-state index in [0.717, 1.165) is 11.0 Å². The van der Waals surface area contributed by atoms with Gasteiger partial charge in [0.15, 0.2) is 5.82 Å². The number of allylic oxidation sites excluding steroid dienone is 2. The average molecular weight is 495 g/mol. The summed E-state index contributed by atoms with van der Waals surface area (Å²) in [5.41, 5.74) is 10.5. The van der Waals surface area contributed by atoms with Crippen molar-refractivity contribution in [3.8, 4) is 0 Å². The Kier molecular flexibility index (Phi) is 6.23. The van der Waals surface area contributed by atoms with Gasteiger partial charge in [-0.15, -0.1) is 18.3 Å². The highest BCUT2D eigenvalue weighted by molar-refractivity contribution is 6.10. The van der Waals surface area contributed by atoms with Crippen molar-refractivity contribution in [1.82, 2.24) is 9.78 Å². The van der Waals surface area contributed by atoms with E-state index < -0.39 is 29.4 Å². The summed E-state index contributed by atoms with van der Waals surface area (Å²) in [4.78, 5) is 39.0. The lowest BCUT2D eigenvalue weighted by molar-refractivity contribution is -0.212. The van der Waals surface area contributed by atoms with E-state index in [1.54, 1.807) is 36.4 Å². The molecule has 0 spiro atoms. The van der Waals surface area contributed by atoms with Crippen molar-refractivity contribution in [2.45, 2.75) is 18.1 Å². The summed E-state index contributed by atoms with van der Waals surface area (Å²) in [6.07, 6.45) is 0.322. The van der Waals surface area contributed by atoms with E-state index >= 15 is 0 Å². The zero-order valence-electron chi connectivity index (χ0n) is 18.6. The SMILES string of the molecule is NC(=O)C1=CC=CC(C(N)=O)(c2cccc(C(=O)N(c3ccccc3)c3ccn(C(F)(F)F)n3)c2)C1. The fourth-order valence-electron chi connectivity index (χ4n) is 3.99. The van der Waals surface area contributed by atoms with Crippen molar-refractivity contribution in [2.75, 3.05) is 4.90 Å². The molecule has 1 aliphatic rings. The number of para-hydroxylation sites is 1. The molecule has 0 saturated heterocycles. The first-order chi connectivity index (χ1) is 17.0. The van der Waals surface area contributed by atoms with Gasteiger partial charge in [-0.3, -0.25) is 19.3 Å². The molecule has 0 radical (unpaired) electrons. The molecule has 184 valence electrons. The zero-order chi connectivity index (χ0) is 26.1. The summed E-state index contributed by atoms with van der Waals surface area (Å²) in [6.45, 7) is 0. The number of carbonyl (C=O) groups is 3. The fraction of sp³-hybridized carbons (Fsp3) is 0.120. The predicted octanol–water partition coefficient (Wildman–Crippen LogP) is 3.43. The molecule has 4 N–H and O–H groups in total. The molecule has 4 rings (SSSR count). The number of aromatic nitrogens is 2. The number of nitrogens with two attached hydrogens (primary N) is 2. The van der Waals surface area contributed by atoms with Gasteiger partial charge in [0.1, 0.15) is 0 Å². The van der Waals surface area contributed by atoms with Crippen LogP contribution in [0.3, 0.4) is 0 Å². The van der Waals surface area contributed by atoms with Crippen molar-refractivity contribution >= 4 is 29.2 Å². The first kappa shape index (κ1) is 24.5. The number of alkyl halides is 3. The average Bonchev–Trinajstić information content (AvgIpc) is 3.35. The molecule has 1 unspecified atom stereocenters. The molecule has 2 aromatic carbocycles. The Balaban J connectivity index is 1.79. The third-order valence-corrected chi connectivity index (χ3v) is 5.81. The summed E-state index contributed by atoms with van der Waals surface area (Å²) in [7, 11) is 0. The van der Waals surface area contributed by atoms with Crippen LogP contribution < -0.4 is 16.4 Å². The molecule has 0 aliphatic heterocycles. The predicted molar refractivity (Wildman–Crippen MR) is 125 cm³/mol. The molecule has 0 saturated carbocycles. The van der Waals surface area contributed by atoms with Crippen molar-refractivity contribution in [2.24, 2.45) is 11.5 Å². The Morgan fingerprint density at radius 2 is 1.72 bits per heavy atom. The number of hydrogen-bond acceptors (Lipinski definition) is 4. The molecule has 8 nitrogen and oxygen atoms in total. The van der Waals surface area contributed by atoms with Crippen molar-refractivity contribution in [3.05, 3.63) is 102 Å². The van der Waals surface area contributed by atoms with E-state index in [2.05, 4.69) is 5.10 Å². The van der Waals surface area contributed by atoms with E-state index in [-0.39, 0.29) is 33.7 Å². The van der Waals surface area contributed by atoms with Crippen LogP contribution in [0.15, 0.2) is 90.7 Å². The largest absolute Gasteiger partial charge is 0.504 e. The number of nitrogens with zero attached hydrogens (tertiary/aromatic N) is 3. The van der Waals surface area contributed by atoms with Crippen molar-refractivity contribution < 1.29 is 27.6 Å². The van der Waals surface area contributed by atoms with Crippen LogP contribution in [-0.2, 0) is 21.3 Å². The van der Waals surface area contributed by atoms with Crippen LogP contribution in [0.4, 0.5) is 24.7 Å². The maximum Gasteiger partial charge on any atom is 0.504 e. The molecule has 3 aromatic rings. The molecule has 0 fully saturated rings. The topological polar surface area (TPSA) is 124 Å². The number of anilines is 2. The summed E-state index contributed by atoms with van der Waals surface area (Å²) >= 11 is 0. The Bertz CT molecular complexity index is 1400. The Morgan fingerprint density at radius 3 is 2.33 bits per heavy atom. The molecule has 0 bridgehead atoms. The molecular weight excluding hydrogens is 475 g/mol. The second-order valence-corrected chi connectivity index (χ2v) is 8.07. The van der Waals surface area contributed by atoms with Gasteiger partial charge in [-0.1, -0.05) is 48.6 Å². The van der Waals surface area contributed by atoms with Crippen molar-refractivity contribution in [1.29, 1.82) is 0 Å². The Morgan fingerprint density at radius 1 is 1.00 bits per heavy atom. The lowest BCUT2D eigenvalue weighted by atomic mass is 9.72. The first-order valence-corrected chi connectivity index (χ1v) is 10.6. The fourth-order valence-corrected chi connectivity index (χ4v) is 3.99. The zero-order valence-corrected chi connectivity index (χ0v) is 18.6. The highest BCUT2D eigenvalue weighted by atomic mass is 19.4. The van der Waals surface area contributed by atoms with Crippen LogP contribution in [-0.4, -0.2) is 27.5 Å². The van der Waals surface area contributed by atoms with E-state index in [9.17, 15) is 27.6 Å². The molecule has 36 heavy (non-hydrogen) atoms. The van der Waals surface area contributed by atoms with Gasteiger partial charge in [-0.05, 0) is 36.2 Å². The lowest BCUT2D eigenvalue weighted by Gasteiger charge is -2.31. The van der Waals surface area contributed by atoms with Gasteiger partial charge < -0.3 is 11.5 Å². The maximum atomic E-state index is 13.7. The number of hydrogen-bond donors (Lipinski definition) is 2. The van der Waals surface area contributed by atoms with Gasteiger partial charge in [-0.25, -0.2) is 0 Å². The second kappa shape index (κ2) is 9.17. The standard InChI is InChI=1S/C25H20F3N5O3/c26-25(27,28)32-13-11-20(31-32)33(19-9-2-1-3-10-19)22(35)16-6-4-8-18(14-16)24(23(30)36)12-5-7-17(15-24)21(29)34/h1-14H,15H2,(H2,29,34)(H2,30,36). The number of rotatable bonds is 6. The van der Waals surface area contributed by atoms with Crippen LogP contribution in [0.25, 0.3) is 0 Å². The van der Waals surface area contributed by atoms with Crippen LogP contribution in [0.5, 0.6) is 0 Å². The van der Waals surface area contributed by atoms with E-state index in [1.807, 2.05) is 0 Å². The van der Waals surface area contributed by atoms with Gasteiger partial charge >= 0.3 is 6.30 Å². The van der Waals surface area contributed by atoms with Gasteiger partial charge in [0.2, 0.25) is 11.8 Å². The second-order valence-electron chi connectivity index (χ2n) is 8.07. The molecule has 1 heterocycles. The number of carbonyl (C=O) groups excluding carboxylic acids is 3. The minimum Gasteiger partial charge on any atom is -0.369 e. The van der Waals surface area contributed by atoms with E-state index in [4.69, 9.17) is 11.5 Å². The highest BCUT2D eigenvalue weighted by Gasteiger charge is 2.40. The first-order valence-electron chi connectivity index (χ1n) is 10.6.